The molecule has 0 amide bonds. The maximum absolute atomic E-state index is 14.8. The molecule has 0 radical (unpaired) electrons. The van der Waals surface area contributed by atoms with Crippen LogP contribution in [-0.4, -0.2) is 6.36 Å². The standard InChI is InChI=1S/C29H19F9O2/c1-2-3-17-6-11-22(27(33)26(17)32)16-4-9-20(10-5-16)39-28(34,35)19-8-12-21(23(30)15-19)18-7-13-25(24(31)14-18)40-29(36,37)38/h4-15H,2-3H2,1H3. The molecule has 4 rings (SSSR count). The summed E-state index contributed by atoms with van der Waals surface area (Å²) in [5.74, 6) is -6.20. The lowest BCUT2D eigenvalue weighted by molar-refractivity contribution is -0.275. The number of hydrogen-bond donors (Lipinski definition) is 0. The minimum Gasteiger partial charge on any atom is -0.429 e. The van der Waals surface area contributed by atoms with Crippen LogP contribution >= 0.6 is 0 Å². The van der Waals surface area contributed by atoms with Crippen LogP contribution in [0.25, 0.3) is 22.3 Å². The van der Waals surface area contributed by atoms with Gasteiger partial charge in [0.2, 0.25) is 0 Å². The number of ether oxygens (including phenoxy) is 2. The second kappa shape index (κ2) is 11.1. The van der Waals surface area contributed by atoms with Gasteiger partial charge in [-0.1, -0.05) is 49.7 Å². The van der Waals surface area contributed by atoms with E-state index in [1.165, 1.54) is 24.3 Å². The number of hydrogen-bond acceptors (Lipinski definition) is 2. The van der Waals surface area contributed by atoms with Crippen molar-refractivity contribution in [3.8, 4) is 33.8 Å². The van der Waals surface area contributed by atoms with Crippen LogP contribution in [0.15, 0.2) is 72.8 Å². The largest absolute Gasteiger partial charge is 0.573 e. The quantitative estimate of drug-likeness (QED) is 0.197. The van der Waals surface area contributed by atoms with Crippen molar-refractivity contribution in [2.75, 3.05) is 0 Å². The van der Waals surface area contributed by atoms with E-state index in [0.717, 1.165) is 30.3 Å². The lowest BCUT2D eigenvalue weighted by Crippen LogP contribution is -2.22. The third kappa shape index (κ3) is 6.35. The molecule has 0 aliphatic heterocycles. The molecular formula is C29H19F9O2. The third-order valence-corrected chi connectivity index (χ3v) is 5.87. The van der Waals surface area contributed by atoms with E-state index in [2.05, 4.69) is 4.74 Å². The van der Waals surface area contributed by atoms with Gasteiger partial charge in [-0.25, -0.2) is 17.6 Å². The van der Waals surface area contributed by atoms with Crippen LogP contribution in [0.4, 0.5) is 39.5 Å². The molecule has 0 atom stereocenters. The minimum absolute atomic E-state index is 0.0669. The van der Waals surface area contributed by atoms with Gasteiger partial charge in [0, 0.05) is 11.1 Å². The van der Waals surface area contributed by atoms with Gasteiger partial charge < -0.3 is 9.47 Å². The van der Waals surface area contributed by atoms with Gasteiger partial charge in [0.05, 0.1) is 5.56 Å². The molecule has 11 heteroatoms. The van der Waals surface area contributed by atoms with Crippen LogP contribution in [0, 0.1) is 23.3 Å². The molecule has 210 valence electrons. The molecule has 0 fully saturated rings. The van der Waals surface area contributed by atoms with E-state index >= 15 is 0 Å². The first-order chi connectivity index (χ1) is 18.8. The van der Waals surface area contributed by atoms with E-state index in [1.54, 1.807) is 0 Å². The highest BCUT2D eigenvalue weighted by molar-refractivity contribution is 5.66. The number of rotatable bonds is 8. The fourth-order valence-corrected chi connectivity index (χ4v) is 3.99. The highest BCUT2D eigenvalue weighted by atomic mass is 19.4. The van der Waals surface area contributed by atoms with Crippen molar-refractivity contribution in [2.24, 2.45) is 0 Å². The van der Waals surface area contributed by atoms with Crippen LogP contribution in [0.1, 0.15) is 24.5 Å². The summed E-state index contributed by atoms with van der Waals surface area (Å²) in [6.45, 7) is 1.82. The topological polar surface area (TPSA) is 18.5 Å². The van der Waals surface area contributed by atoms with E-state index in [4.69, 9.17) is 4.74 Å². The van der Waals surface area contributed by atoms with Crippen LogP contribution < -0.4 is 9.47 Å². The summed E-state index contributed by atoms with van der Waals surface area (Å²) in [7, 11) is 0. The van der Waals surface area contributed by atoms with Crippen LogP contribution in [0.2, 0.25) is 0 Å². The highest BCUT2D eigenvalue weighted by Gasteiger charge is 2.36. The zero-order valence-corrected chi connectivity index (χ0v) is 20.6. The van der Waals surface area contributed by atoms with Gasteiger partial charge in [-0.15, -0.1) is 13.2 Å². The van der Waals surface area contributed by atoms with Crippen molar-refractivity contribution < 1.29 is 49.0 Å². The molecule has 4 aromatic rings. The summed E-state index contributed by atoms with van der Waals surface area (Å²) in [5, 5.41) is 0. The Labute approximate surface area is 222 Å². The molecule has 0 spiro atoms. The Morgan fingerprint density at radius 1 is 0.625 bits per heavy atom. The Hall–Kier alpha value is -4.15. The Morgan fingerprint density at radius 2 is 1.27 bits per heavy atom. The molecule has 40 heavy (non-hydrogen) atoms. The maximum Gasteiger partial charge on any atom is 0.573 e. The Bertz CT molecular complexity index is 1510. The van der Waals surface area contributed by atoms with Crippen molar-refractivity contribution in [2.45, 2.75) is 32.2 Å². The van der Waals surface area contributed by atoms with Crippen molar-refractivity contribution in [3.63, 3.8) is 0 Å². The molecule has 4 aromatic carbocycles. The number of halogens is 9. The van der Waals surface area contributed by atoms with Crippen LogP contribution in [0.3, 0.4) is 0 Å². The fourth-order valence-electron chi connectivity index (χ4n) is 3.99. The summed E-state index contributed by atoms with van der Waals surface area (Å²) >= 11 is 0. The van der Waals surface area contributed by atoms with E-state index < -0.39 is 47.1 Å². The van der Waals surface area contributed by atoms with Gasteiger partial charge >= 0.3 is 12.5 Å². The van der Waals surface area contributed by atoms with Crippen molar-refractivity contribution >= 4 is 0 Å². The van der Waals surface area contributed by atoms with Gasteiger partial charge in [0.25, 0.3) is 0 Å². The summed E-state index contributed by atoms with van der Waals surface area (Å²) in [6, 6.07) is 11.9. The number of aryl methyl sites for hydroxylation is 1. The fraction of sp³-hybridized carbons (Fsp3) is 0.172. The molecule has 0 unspecified atom stereocenters. The normalized spacial score (nSPS) is 11.9. The molecule has 0 aliphatic carbocycles. The second-order valence-electron chi connectivity index (χ2n) is 8.68. The zero-order chi connectivity index (χ0) is 29.2. The van der Waals surface area contributed by atoms with Crippen molar-refractivity contribution in [1.82, 2.24) is 0 Å². The first-order valence-corrected chi connectivity index (χ1v) is 11.8. The molecule has 0 heterocycles. The van der Waals surface area contributed by atoms with Crippen LogP contribution in [-0.2, 0) is 12.5 Å². The van der Waals surface area contributed by atoms with Gasteiger partial charge in [-0.2, -0.15) is 8.78 Å². The van der Waals surface area contributed by atoms with Gasteiger partial charge in [-0.3, -0.25) is 0 Å². The summed E-state index contributed by atoms with van der Waals surface area (Å²) in [4.78, 5) is 0. The van der Waals surface area contributed by atoms with Crippen LogP contribution in [0.5, 0.6) is 11.5 Å². The lowest BCUT2D eigenvalue weighted by atomic mass is 10.0. The highest BCUT2D eigenvalue weighted by Crippen LogP contribution is 2.37. The second-order valence-corrected chi connectivity index (χ2v) is 8.68. The Balaban J connectivity index is 1.52. The van der Waals surface area contributed by atoms with Gasteiger partial charge in [-0.05, 0) is 59.5 Å². The average molecular weight is 570 g/mol. The monoisotopic (exact) mass is 570 g/mol. The summed E-state index contributed by atoms with van der Waals surface area (Å²) in [5.41, 5.74) is -1.12. The van der Waals surface area contributed by atoms with E-state index in [9.17, 15) is 39.5 Å². The van der Waals surface area contributed by atoms with Gasteiger partial charge in [0.15, 0.2) is 23.2 Å². The predicted molar refractivity (Wildman–Crippen MR) is 129 cm³/mol. The molecule has 0 saturated carbocycles. The number of benzene rings is 4. The average Bonchev–Trinajstić information content (AvgIpc) is 2.88. The molecule has 0 aliphatic rings. The van der Waals surface area contributed by atoms with Gasteiger partial charge in [0.1, 0.15) is 11.6 Å². The van der Waals surface area contributed by atoms with Crippen molar-refractivity contribution in [3.05, 3.63) is 107 Å². The first kappa shape index (κ1) is 28.8. The summed E-state index contributed by atoms with van der Waals surface area (Å²) in [6.07, 6.45) is -8.22. The zero-order valence-electron chi connectivity index (χ0n) is 20.6. The predicted octanol–water partition coefficient (Wildman–Crippen LogP) is 9.56. The molecule has 0 bridgehead atoms. The SMILES string of the molecule is CCCc1ccc(-c2ccc(OC(F)(F)c3ccc(-c4ccc(OC(F)(F)F)c(F)c4)c(F)c3)cc2)c(F)c1F. The van der Waals surface area contributed by atoms with E-state index in [-0.39, 0.29) is 33.6 Å². The summed E-state index contributed by atoms with van der Waals surface area (Å²) < 4.78 is 132. The minimum atomic E-state index is -5.14. The first-order valence-electron chi connectivity index (χ1n) is 11.8. The van der Waals surface area contributed by atoms with Crippen molar-refractivity contribution in [1.29, 1.82) is 0 Å². The Morgan fingerprint density at radius 3 is 1.88 bits per heavy atom. The molecular weight excluding hydrogens is 551 g/mol. The maximum atomic E-state index is 14.8. The molecule has 0 saturated heterocycles. The molecule has 2 nitrogen and oxygen atoms in total. The molecule has 0 N–H and O–H groups in total. The lowest BCUT2D eigenvalue weighted by Gasteiger charge is -2.19. The Kier molecular flexibility index (Phi) is 8.04. The third-order valence-electron chi connectivity index (χ3n) is 5.87. The van der Waals surface area contributed by atoms with E-state index in [0.29, 0.717) is 31.0 Å². The number of alkyl halides is 5. The van der Waals surface area contributed by atoms with E-state index in [1.807, 2.05) is 6.92 Å². The smallest absolute Gasteiger partial charge is 0.429 e. The molecule has 0 aromatic heterocycles.